The molecule has 28 heavy (non-hydrogen) atoms. The van der Waals surface area contributed by atoms with Gasteiger partial charge < -0.3 is 24.8 Å². The van der Waals surface area contributed by atoms with Crippen LogP contribution >= 0.6 is 0 Å². The van der Waals surface area contributed by atoms with E-state index in [2.05, 4.69) is 22.5 Å². The van der Waals surface area contributed by atoms with E-state index in [0.29, 0.717) is 32.1 Å². The minimum atomic E-state index is -0.601. The minimum absolute atomic E-state index is 0.0739. The van der Waals surface area contributed by atoms with Gasteiger partial charge in [-0.2, -0.15) is 0 Å². The summed E-state index contributed by atoms with van der Waals surface area (Å²) < 4.78 is 16.3. The number of fused-ring (bicyclic) bond motifs is 1. The first kappa shape index (κ1) is 20.4. The summed E-state index contributed by atoms with van der Waals surface area (Å²) in [5.74, 6) is 0.244. The number of nitrogens with zero attached hydrogens (tertiary/aromatic N) is 1. The third-order valence-corrected chi connectivity index (χ3v) is 5.00. The number of nitrogens with one attached hydrogen (secondary N) is 2. The molecule has 1 aromatic rings. The van der Waals surface area contributed by atoms with Crippen molar-refractivity contribution >= 4 is 11.8 Å². The van der Waals surface area contributed by atoms with Crippen LogP contribution in [0.25, 0.3) is 0 Å². The molecule has 0 saturated carbocycles. The van der Waals surface area contributed by atoms with E-state index in [0.717, 1.165) is 43.7 Å². The summed E-state index contributed by atoms with van der Waals surface area (Å²) in [6.07, 6.45) is 2.98. The number of amides is 2. The van der Waals surface area contributed by atoms with E-state index in [1.54, 1.807) is 0 Å². The number of hydrogen-bond donors (Lipinski definition) is 2. The number of benzene rings is 1. The van der Waals surface area contributed by atoms with Crippen molar-refractivity contribution in [1.82, 2.24) is 15.5 Å². The Hall–Kier alpha value is -2.32. The van der Waals surface area contributed by atoms with E-state index in [1.807, 2.05) is 18.2 Å². The fourth-order valence-corrected chi connectivity index (χ4v) is 3.39. The highest BCUT2D eigenvalue weighted by Crippen LogP contribution is 2.35. The lowest BCUT2D eigenvalue weighted by atomic mass is 10.0. The van der Waals surface area contributed by atoms with Gasteiger partial charge in [0.05, 0.1) is 19.3 Å². The van der Waals surface area contributed by atoms with Gasteiger partial charge in [-0.15, -0.1) is 0 Å². The van der Waals surface area contributed by atoms with Crippen LogP contribution in [0, 0.1) is 0 Å². The molecule has 0 unspecified atom stereocenters. The highest BCUT2D eigenvalue weighted by molar-refractivity contribution is 6.35. The Labute approximate surface area is 165 Å². The number of morpholine rings is 1. The van der Waals surface area contributed by atoms with Crippen molar-refractivity contribution in [2.45, 2.75) is 32.2 Å². The van der Waals surface area contributed by atoms with Gasteiger partial charge in [-0.05, 0) is 24.1 Å². The van der Waals surface area contributed by atoms with Crippen LogP contribution in [0.4, 0.5) is 0 Å². The molecule has 0 aromatic heterocycles. The molecule has 0 aliphatic carbocycles. The molecule has 8 nitrogen and oxygen atoms in total. The maximum atomic E-state index is 12.2. The van der Waals surface area contributed by atoms with E-state index in [-0.39, 0.29) is 12.8 Å². The van der Waals surface area contributed by atoms with Gasteiger partial charge in [0.25, 0.3) is 0 Å². The number of carbonyl (C=O) groups is 2. The van der Waals surface area contributed by atoms with Crippen LogP contribution in [0.1, 0.15) is 37.8 Å². The molecule has 1 saturated heterocycles. The van der Waals surface area contributed by atoms with Crippen molar-refractivity contribution in [2.75, 3.05) is 46.2 Å². The summed E-state index contributed by atoms with van der Waals surface area (Å²) in [7, 11) is 0. The Kier molecular flexibility index (Phi) is 7.50. The number of unbranched alkanes of at least 4 members (excludes halogenated alkanes) is 2. The lowest BCUT2D eigenvalue weighted by molar-refractivity contribution is -0.139. The zero-order valence-electron chi connectivity index (χ0n) is 16.4. The van der Waals surface area contributed by atoms with E-state index in [1.165, 1.54) is 0 Å². The van der Waals surface area contributed by atoms with Gasteiger partial charge in [0.1, 0.15) is 0 Å². The first-order chi connectivity index (χ1) is 13.7. The highest BCUT2D eigenvalue weighted by atomic mass is 16.7. The van der Waals surface area contributed by atoms with Crippen LogP contribution in [0.2, 0.25) is 0 Å². The Morgan fingerprint density at radius 1 is 1.07 bits per heavy atom. The zero-order valence-corrected chi connectivity index (χ0v) is 16.4. The van der Waals surface area contributed by atoms with Gasteiger partial charge in [0.2, 0.25) is 6.79 Å². The molecule has 0 bridgehead atoms. The molecule has 0 radical (unpaired) electrons. The smallest absolute Gasteiger partial charge is 0.309 e. The van der Waals surface area contributed by atoms with Crippen molar-refractivity contribution in [1.29, 1.82) is 0 Å². The molecule has 2 aliphatic rings. The lowest BCUT2D eigenvalue weighted by Gasteiger charge is -2.34. The number of hydrogen-bond acceptors (Lipinski definition) is 6. The fourth-order valence-electron chi connectivity index (χ4n) is 3.39. The number of ether oxygens (including phenoxy) is 3. The quantitative estimate of drug-likeness (QED) is 0.512. The Morgan fingerprint density at radius 2 is 1.82 bits per heavy atom. The van der Waals surface area contributed by atoms with Crippen LogP contribution in [0.3, 0.4) is 0 Å². The summed E-state index contributed by atoms with van der Waals surface area (Å²) in [6.45, 7) is 5.98. The first-order valence-corrected chi connectivity index (χ1v) is 9.96. The van der Waals surface area contributed by atoms with Crippen molar-refractivity contribution in [3.05, 3.63) is 23.8 Å². The van der Waals surface area contributed by atoms with Gasteiger partial charge in [-0.25, -0.2) is 0 Å². The SMILES string of the molecule is CCCCCNC(=O)C(=O)NC[C@@H](c1ccc2c(c1)OCO2)N1CCOCC1. The molecule has 3 rings (SSSR count). The lowest BCUT2D eigenvalue weighted by Crippen LogP contribution is -2.46. The summed E-state index contributed by atoms with van der Waals surface area (Å²) in [5, 5.41) is 5.45. The van der Waals surface area contributed by atoms with Crippen molar-refractivity contribution in [3.8, 4) is 11.5 Å². The normalized spacial score (nSPS) is 17.2. The second-order valence-electron chi connectivity index (χ2n) is 6.95. The molecule has 2 aliphatic heterocycles. The van der Waals surface area contributed by atoms with Crippen molar-refractivity contribution < 1.29 is 23.8 Å². The van der Waals surface area contributed by atoms with Gasteiger partial charge in [-0.1, -0.05) is 25.8 Å². The third-order valence-electron chi connectivity index (χ3n) is 5.00. The molecule has 2 heterocycles. The fraction of sp³-hybridized carbons (Fsp3) is 0.600. The molecule has 2 N–H and O–H groups in total. The van der Waals surface area contributed by atoms with Crippen LogP contribution in [-0.4, -0.2) is 62.9 Å². The zero-order chi connectivity index (χ0) is 19.8. The molecule has 154 valence electrons. The molecular formula is C20H29N3O5. The maximum Gasteiger partial charge on any atom is 0.309 e. The van der Waals surface area contributed by atoms with Crippen molar-refractivity contribution in [2.24, 2.45) is 0 Å². The molecule has 1 atom stereocenters. The molecule has 8 heteroatoms. The van der Waals surface area contributed by atoms with E-state index in [4.69, 9.17) is 14.2 Å². The van der Waals surface area contributed by atoms with Gasteiger partial charge in [0.15, 0.2) is 11.5 Å². The largest absolute Gasteiger partial charge is 0.454 e. The number of rotatable bonds is 8. The van der Waals surface area contributed by atoms with Gasteiger partial charge in [-0.3, -0.25) is 14.5 Å². The van der Waals surface area contributed by atoms with Gasteiger partial charge in [0, 0.05) is 26.2 Å². The van der Waals surface area contributed by atoms with Crippen molar-refractivity contribution in [3.63, 3.8) is 0 Å². The van der Waals surface area contributed by atoms with Crippen LogP contribution in [0.5, 0.6) is 11.5 Å². The average Bonchev–Trinajstić information content (AvgIpc) is 3.20. The average molecular weight is 391 g/mol. The van der Waals surface area contributed by atoms with E-state index in [9.17, 15) is 9.59 Å². The Morgan fingerprint density at radius 3 is 2.61 bits per heavy atom. The summed E-state index contributed by atoms with van der Waals surface area (Å²) in [5.41, 5.74) is 1.01. The molecule has 1 aromatic carbocycles. The monoisotopic (exact) mass is 391 g/mol. The second-order valence-corrected chi connectivity index (χ2v) is 6.95. The minimum Gasteiger partial charge on any atom is -0.454 e. The molecule has 2 amide bonds. The topological polar surface area (TPSA) is 89.1 Å². The summed E-state index contributed by atoms with van der Waals surface area (Å²) >= 11 is 0. The van der Waals surface area contributed by atoms with Crippen LogP contribution in [0.15, 0.2) is 18.2 Å². The maximum absolute atomic E-state index is 12.2. The molecule has 0 spiro atoms. The van der Waals surface area contributed by atoms with Crippen LogP contribution < -0.4 is 20.1 Å². The van der Waals surface area contributed by atoms with Gasteiger partial charge >= 0.3 is 11.8 Å². The molecule has 1 fully saturated rings. The predicted octanol–water partition coefficient (Wildman–Crippen LogP) is 1.21. The molecular weight excluding hydrogens is 362 g/mol. The van der Waals surface area contributed by atoms with E-state index < -0.39 is 11.8 Å². The Bertz CT molecular complexity index is 676. The summed E-state index contributed by atoms with van der Waals surface area (Å²) in [4.78, 5) is 26.4. The number of carbonyl (C=O) groups excluding carboxylic acids is 2. The summed E-state index contributed by atoms with van der Waals surface area (Å²) in [6, 6.07) is 5.73. The third kappa shape index (κ3) is 5.36. The highest BCUT2D eigenvalue weighted by Gasteiger charge is 2.26. The van der Waals surface area contributed by atoms with E-state index >= 15 is 0 Å². The Balaban J connectivity index is 1.61. The predicted molar refractivity (Wildman–Crippen MR) is 103 cm³/mol. The first-order valence-electron chi connectivity index (χ1n) is 9.96. The standard InChI is InChI=1S/C20H29N3O5/c1-2-3-4-7-21-19(24)20(25)22-13-16(23-8-10-26-11-9-23)15-5-6-17-18(12-15)28-14-27-17/h5-6,12,16H,2-4,7-11,13-14H2,1H3,(H,21,24)(H,22,25)/t16-/m0/s1. The second kappa shape index (κ2) is 10.3. The van der Waals surface area contributed by atoms with Crippen LogP contribution in [-0.2, 0) is 14.3 Å².